The Morgan fingerprint density at radius 2 is 2.06 bits per heavy atom. The Morgan fingerprint density at radius 3 is 2.59 bits per heavy atom. The molecule has 0 bridgehead atoms. The van der Waals surface area contributed by atoms with Crippen LogP contribution in [0.2, 0.25) is 0 Å². The molecule has 1 fully saturated rings. The average Bonchev–Trinajstić information content (AvgIpc) is 3.08. The lowest BCUT2D eigenvalue weighted by Gasteiger charge is -2.11. The van der Waals surface area contributed by atoms with Gasteiger partial charge in [-0.15, -0.1) is 11.8 Å². The summed E-state index contributed by atoms with van der Waals surface area (Å²) in [6.45, 7) is 1.94. The number of aryl methyl sites for hydroxylation is 1. The summed E-state index contributed by atoms with van der Waals surface area (Å²) in [4.78, 5) is 3.75. The Bertz CT molecular complexity index is 399. The Balaban J connectivity index is 2.18. The summed E-state index contributed by atoms with van der Waals surface area (Å²) < 4.78 is 37.6. The molecule has 2 rings (SSSR count). The van der Waals surface area contributed by atoms with E-state index in [0.717, 1.165) is 23.8 Å². The van der Waals surface area contributed by atoms with Crippen LogP contribution in [0.4, 0.5) is 13.2 Å². The molecule has 0 aliphatic heterocycles. The van der Waals surface area contributed by atoms with Crippen LogP contribution in [0.25, 0.3) is 0 Å². The predicted molar refractivity (Wildman–Crippen MR) is 62.1 cm³/mol. The molecule has 1 aliphatic carbocycles. The van der Waals surface area contributed by atoms with Crippen molar-refractivity contribution in [2.24, 2.45) is 5.92 Å². The minimum Gasteiger partial charge on any atom is -0.237 e. The number of pyridine rings is 1. The number of thioether (sulfide) groups is 1. The molecule has 0 radical (unpaired) electrons. The van der Waals surface area contributed by atoms with Crippen molar-refractivity contribution in [3.63, 3.8) is 0 Å². The first kappa shape index (κ1) is 12.7. The number of rotatable bonds is 4. The van der Waals surface area contributed by atoms with E-state index < -0.39 is 11.9 Å². The number of hydrogen-bond acceptors (Lipinski definition) is 2. The van der Waals surface area contributed by atoms with Gasteiger partial charge in [-0.1, -0.05) is 13.0 Å². The van der Waals surface area contributed by atoms with Crippen molar-refractivity contribution in [3.05, 3.63) is 23.4 Å². The van der Waals surface area contributed by atoms with Gasteiger partial charge in [0.25, 0.3) is 0 Å². The maximum atomic E-state index is 12.5. The topological polar surface area (TPSA) is 12.9 Å². The lowest BCUT2D eigenvalue weighted by atomic mass is 10.2. The molecule has 0 atom stereocenters. The molecule has 0 N–H and O–H groups in total. The maximum absolute atomic E-state index is 12.5. The van der Waals surface area contributed by atoms with E-state index >= 15 is 0 Å². The third-order valence-corrected chi connectivity index (χ3v) is 4.03. The Hall–Kier alpha value is -0.710. The second kappa shape index (κ2) is 4.88. The zero-order valence-electron chi connectivity index (χ0n) is 9.55. The van der Waals surface area contributed by atoms with Crippen LogP contribution in [0.3, 0.4) is 0 Å². The van der Waals surface area contributed by atoms with Crippen LogP contribution in [0.5, 0.6) is 0 Å². The van der Waals surface area contributed by atoms with Crippen LogP contribution in [0.15, 0.2) is 17.2 Å². The smallest absolute Gasteiger partial charge is 0.237 e. The third kappa shape index (κ3) is 3.37. The van der Waals surface area contributed by atoms with E-state index in [1.54, 1.807) is 6.07 Å². The van der Waals surface area contributed by atoms with Crippen molar-refractivity contribution < 1.29 is 13.2 Å². The molecule has 1 aromatic heterocycles. The maximum Gasteiger partial charge on any atom is 0.433 e. The molecule has 1 aliphatic rings. The summed E-state index contributed by atoms with van der Waals surface area (Å²) in [7, 11) is 0. The summed E-state index contributed by atoms with van der Waals surface area (Å²) in [6, 6.07) is 2.62. The van der Waals surface area contributed by atoms with Crippen LogP contribution in [-0.4, -0.2) is 10.7 Å². The summed E-state index contributed by atoms with van der Waals surface area (Å²) in [5.74, 6) is 1.57. The fourth-order valence-electron chi connectivity index (χ4n) is 1.50. The molecule has 1 aromatic rings. The van der Waals surface area contributed by atoms with Gasteiger partial charge in [-0.2, -0.15) is 13.2 Å². The Morgan fingerprint density at radius 1 is 1.35 bits per heavy atom. The molecule has 1 heterocycles. The van der Waals surface area contributed by atoms with Crippen molar-refractivity contribution in [3.8, 4) is 0 Å². The third-order valence-electron chi connectivity index (χ3n) is 2.76. The number of hydrogen-bond donors (Lipinski definition) is 0. The van der Waals surface area contributed by atoms with Crippen molar-refractivity contribution in [1.82, 2.24) is 4.98 Å². The van der Waals surface area contributed by atoms with Crippen LogP contribution in [-0.2, 0) is 12.6 Å². The fraction of sp³-hybridized carbons (Fsp3) is 0.583. The average molecular weight is 261 g/mol. The van der Waals surface area contributed by atoms with Crippen LogP contribution in [0, 0.1) is 5.92 Å². The van der Waals surface area contributed by atoms with Crippen LogP contribution < -0.4 is 0 Å². The van der Waals surface area contributed by atoms with E-state index in [2.05, 4.69) is 4.98 Å². The zero-order valence-corrected chi connectivity index (χ0v) is 10.4. The minimum atomic E-state index is -4.35. The van der Waals surface area contributed by atoms with Crippen LogP contribution in [0.1, 0.15) is 31.0 Å². The Labute approximate surface area is 103 Å². The Kier molecular flexibility index (Phi) is 3.66. The number of halogens is 3. The molecule has 94 valence electrons. The van der Waals surface area contributed by atoms with Crippen molar-refractivity contribution in [2.45, 2.75) is 37.4 Å². The van der Waals surface area contributed by atoms with Gasteiger partial charge >= 0.3 is 6.18 Å². The molecular weight excluding hydrogens is 247 g/mol. The van der Waals surface area contributed by atoms with E-state index in [9.17, 15) is 13.2 Å². The molecule has 0 spiro atoms. The number of aromatic nitrogens is 1. The van der Waals surface area contributed by atoms with Crippen molar-refractivity contribution in [2.75, 3.05) is 5.75 Å². The van der Waals surface area contributed by atoms with E-state index in [1.807, 2.05) is 6.92 Å². The molecule has 17 heavy (non-hydrogen) atoms. The van der Waals surface area contributed by atoms with Gasteiger partial charge in [0.15, 0.2) is 0 Å². The van der Waals surface area contributed by atoms with E-state index in [1.165, 1.54) is 24.6 Å². The van der Waals surface area contributed by atoms with E-state index in [4.69, 9.17) is 0 Å². The first-order valence-electron chi connectivity index (χ1n) is 5.70. The lowest BCUT2D eigenvalue weighted by molar-refractivity contribution is -0.141. The van der Waals surface area contributed by atoms with Crippen molar-refractivity contribution >= 4 is 11.8 Å². The standard InChI is InChI=1S/C12H14F3NS/c1-2-9-5-6-10(12(13,14)15)16-11(9)17-7-8-3-4-8/h5-6,8H,2-4,7H2,1H3. The zero-order chi connectivity index (χ0) is 12.5. The molecular formula is C12H14F3NS. The van der Waals surface area contributed by atoms with Gasteiger partial charge < -0.3 is 0 Å². The van der Waals surface area contributed by atoms with Gasteiger partial charge in [0.05, 0.1) is 5.03 Å². The van der Waals surface area contributed by atoms with E-state index in [-0.39, 0.29) is 0 Å². The summed E-state index contributed by atoms with van der Waals surface area (Å²) in [6.07, 6.45) is -1.22. The predicted octanol–water partition coefficient (Wildman–Crippen LogP) is 4.16. The van der Waals surface area contributed by atoms with Gasteiger partial charge in [-0.3, -0.25) is 0 Å². The molecule has 0 unspecified atom stereocenters. The van der Waals surface area contributed by atoms with Gasteiger partial charge in [-0.05, 0) is 36.8 Å². The molecule has 5 heteroatoms. The van der Waals surface area contributed by atoms with Gasteiger partial charge in [0.2, 0.25) is 0 Å². The van der Waals surface area contributed by atoms with Crippen molar-refractivity contribution in [1.29, 1.82) is 0 Å². The fourth-order valence-corrected chi connectivity index (χ4v) is 2.79. The highest BCUT2D eigenvalue weighted by Crippen LogP contribution is 2.37. The normalized spacial score (nSPS) is 16.2. The SMILES string of the molecule is CCc1ccc(C(F)(F)F)nc1SCC1CC1. The summed E-state index contributed by atoms with van der Waals surface area (Å²) in [5.41, 5.74) is 0.122. The van der Waals surface area contributed by atoms with E-state index in [0.29, 0.717) is 10.9 Å². The quantitative estimate of drug-likeness (QED) is 0.755. The first-order chi connectivity index (χ1) is 8.00. The van der Waals surface area contributed by atoms with Gasteiger partial charge in [0.1, 0.15) is 5.69 Å². The monoisotopic (exact) mass is 261 g/mol. The highest BCUT2D eigenvalue weighted by molar-refractivity contribution is 7.99. The van der Waals surface area contributed by atoms with Crippen LogP contribution >= 0.6 is 11.8 Å². The second-order valence-corrected chi connectivity index (χ2v) is 5.28. The molecule has 1 saturated carbocycles. The largest absolute Gasteiger partial charge is 0.433 e. The highest BCUT2D eigenvalue weighted by Gasteiger charge is 2.33. The molecule has 0 aromatic carbocycles. The first-order valence-corrected chi connectivity index (χ1v) is 6.69. The summed E-state index contributed by atoms with van der Waals surface area (Å²) >= 11 is 1.46. The second-order valence-electron chi connectivity index (χ2n) is 4.27. The van der Waals surface area contributed by atoms with Gasteiger partial charge in [-0.25, -0.2) is 4.98 Å². The number of alkyl halides is 3. The van der Waals surface area contributed by atoms with Gasteiger partial charge in [0, 0.05) is 5.75 Å². The molecule has 0 saturated heterocycles. The lowest BCUT2D eigenvalue weighted by Crippen LogP contribution is -2.09. The molecule has 0 amide bonds. The summed E-state index contributed by atoms with van der Waals surface area (Å²) in [5, 5.41) is 0.550. The number of nitrogens with zero attached hydrogens (tertiary/aromatic N) is 1. The highest BCUT2D eigenvalue weighted by atomic mass is 32.2. The minimum absolute atomic E-state index is 0.550. The molecule has 1 nitrogen and oxygen atoms in total.